The number of anilines is 1. The van der Waals surface area contributed by atoms with E-state index in [2.05, 4.69) is 15.5 Å². The molecular weight excluding hydrogens is 442 g/mol. The van der Waals surface area contributed by atoms with Crippen LogP contribution >= 0.6 is 0 Å². The van der Waals surface area contributed by atoms with Crippen LogP contribution in [0.5, 0.6) is 0 Å². The lowest BCUT2D eigenvalue weighted by Gasteiger charge is -2.25. The van der Waals surface area contributed by atoms with Crippen LogP contribution < -0.4 is 10.2 Å². The number of benzodiazepines with no additional fused rings is 1. The number of amides is 2. The summed E-state index contributed by atoms with van der Waals surface area (Å²) in [5.41, 5.74) is 4.24. The second-order valence-electron chi connectivity index (χ2n) is 8.27. The summed E-state index contributed by atoms with van der Waals surface area (Å²) in [7, 11) is 0. The highest BCUT2D eigenvalue weighted by Gasteiger charge is 2.33. The van der Waals surface area contributed by atoms with Crippen molar-refractivity contribution in [2.75, 3.05) is 11.4 Å². The Morgan fingerprint density at radius 3 is 2.54 bits per heavy atom. The van der Waals surface area contributed by atoms with Crippen molar-refractivity contribution in [3.63, 3.8) is 0 Å². The second kappa shape index (κ2) is 9.26. The number of benzene rings is 3. The fourth-order valence-corrected chi connectivity index (χ4v) is 4.17. The summed E-state index contributed by atoms with van der Waals surface area (Å²) >= 11 is 0. The maximum atomic E-state index is 13.7. The first-order chi connectivity index (χ1) is 17.0. The van der Waals surface area contributed by atoms with Gasteiger partial charge in [0.25, 0.3) is 11.8 Å². The van der Waals surface area contributed by atoms with Crippen molar-refractivity contribution >= 4 is 39.8 Å². The third-order valence-corrected chi connectivity index (χ3v) is 5.86. The number of H-pyrrole nitrogens is 1. The van der Waals surface area contributed by atoms with Crippen molar-refractivity contribution < 1.29 is 14.8 Å². The van der Waals surface area contributed by atoms with Crippen molar-refractivity contribution in [3.8, 4) is 0 Å². The lowest BCUT2D eigenvalue weighted by molar-refractivity contribution is -0.120. The zero-order chi connectivity index (χ0) is 24.4. The minimum Gasteiger partial charge on any atom is -0.411 e. The fourth-order valence-electron chi connectivity index (χ4n) is 4.17. The molecular formula is C27H23N5O3. The van der Waals surface area contributed by atoms with Gasteiger partial charge in [0.1, 0.15) is 5.69 Å². The second-order valence-corrected chi connectivity index (χ2v) is 8.27. The molecule has 2 heterocycles. The number of aromatic nitrogens is 1. The van der Waals surface area contributed by atoms with Gasteiger partial charge in [-0.3, -0.25) is 9.59 Å². The first kappa shape index (κ1) is 22.1. The number of rotatable bonds is 5. The van der Waals surface area contributed by atoms with Gasteiger partial charge in [0.2, 0.25) is 6.17 Å². The van der Waals surface area contributed by atoms with E-state index in [1.807, 2.05) is 78.9 Å². The average molecular weight is 466 g/mol. The molecule has 35 heavy (non-hydrogen) atoms. The van der Waals surface area contributed by atoms with Gasteiger partial charge in [-0.15, -0.1) is 0 Å². The van der Waals surface area contributed by atoms with Gasteiger partial charge < -0.3 is 20.4 Å². The molecule has 8 heteroatoms. The smallest absolute Gasteiger partial charge is 0.272 e. The van der Waals surface area contributed by atoms with E-state index >= 15 is 0 Å². The van der Waals surface area contributed by atoms with Crippen molar-refractivity contribution in [2.24, 2.45) is 10.1 Å². The van der Waals surface area contributed by atoms with Gasteiger partial charge in [-0.2, -0.15) is 0 Å². The summed E-state index contributed by atoms with van der Waals surface area (Å²) in [4.78, 5) is 36.3. The van der Waals surface area contributed by atoms with Crippen molar-refractivity contribution in [1.82, 2.24) is 10.3 Å². The van der Waals surface area contributed by atoms with Crippen LogP contribution in [-0.2, 0) is 4.79 Å². The Hall–Kier alpha value is -4.72. The number of nitrogens with zero attached hydrogens (tertiary/aromatic N) is 3. The van der Waals surface area contributed by atoms with Crippen molar-refractivity contribution in [3.05, 3.63) is 102 Å². The fraction of sp³-hybridized carbons (Fsp3) is 0.111. The largest absolute Gasteiger partial charge is 0.411 e. The molecule has 0 bridgehead atoms. The summed E-state index contributed by atoms with van der Waals surface area (Å²) in [6, 6.07) is 26.2. The maximum Gasteiger partial charge on any atom is 0.272 e. The van der Waals surface area contributed by atoms with Crippen LogP contribution in [0.3, 0.4) is 0 Å². The normalized spacial score (nSPS) is 16.0. The van der Waals surface area contributed by atoms with Crippen LogP contribution in [0.15, 0.2) is 95.1 Å². The maximum absolute atomic E-state index is 13.7. The molecule has 0 fully saturated rings. The van der Waals surface area contributed by atoms with Gasteiger partial charge in [0.05, 0.1) is 23.7 Å². The molecule has 0 saturated carbocycles. The van der Waals surface area contributed by atoms with Crippen LogP contribution in [0.2, 0.25) is 0 Å². The number of carbonyl (C=O) groups is 2. The molecule has 0 aliphatic carbocycles. The highest BCUT2D eigenvalue weighted by molar-refractivity contribution is 6.21. The third kappa shape index (κ3) is 4.29. The van der Waals surface area contributed by atoms with Crippen LogP contribution in [-0.4, -0.2) is 46.1 Å². The molecule has 8 nitrogen and oxygen atoms in total. The Balaban J connectivity index is 1.59. The zero-order valence-corrected chi connectivity index (χ0v) is 19.0. The molecule has 4 aromatic rings. The topological polar surface area (TPSA) is 110 Å². The first-order valence-electron chi connectivity index (χ1n) is 11.2. The van der Waals surface area contributed by atoms with E-state index in [1.54, 1.807) is 13.0 Å². The van der Waals surface area contributed by atoms with Crippen LogP contribution in [0, 0.1) is 0 Å². The Morgan fingerprint density at radius 1 is 1.06 bits per heavy atom. The highest BCUT2D eigenvalue weighted by Crippen LogP contribution is 2.28. The molecule has 0 radical (unpaired) electrons. The first-order valence-corrected chi connectivity index (χ1v) is 11.2. The molecule has 1 atom stereocenters. The number of oxime groups is 1. The Kier molecular flexibility index (Phi) is 5.85. The van der Waals surface area contributed by atoms with Gasteiger partial charge >= 0.3 is 0 Å². The van der Waals surface area contributed by atoms with E-state index in [0.29, 0.717) is 22.8 Å². The molecule has 1 aliphatic heterocycles. The summed E-state index contributed by atoms with van der Waals surface area (Å²) in [5.74, 6) is -0.884. The summed E-state index contributed by atoms with van der Waals surface area (Å²) in [6.45, 7) is 1.67. The van der Waals surface area contributed by atoms with E-state index in [-0.39, 0.29) is 6.54 Å². The Bertz CT molecular complexity index is 1440. The number of hydrogen-bond acceptors (Lipinski definition) is 5. The van der Waals surface area contributed by atoms with Crippen molar-refractivity contribution in [2.45, 2.75) is 13.1 Å². The van der Waals surface area contributed by atoms with Gasteiger partial charge in [-0.1, -0.05) is 71.9 Å². The third-order valence-electron chi connectivity index (χ3n) is 5.86. The number of aliphatic imine (C=N–C) groups is 1. The molecule has 0 saturated heterocycles. The number of carbonyl (C=O) groups excluding carboxylic acids is 2. The van der Waals surface area contributed by atoms with E-state index in [1.165, 1.54) is 4.90 Å². The van der Waals surface area contributed by atoms with E-state index in [0.717, 1.165) is 22.0 Å². The van der Waals surface area contributed by atoms with Crippen LogP contribution in [0.1, 0.15) is 28.5 Å². The zero-order valence-electron chi connectivity index (χ0n) is 19.0. The van der Waals surface area contributed by atoms with E-state index in [4.69, 9.17) is 4.99 Å². The summed E-state index contributed by atoms with van der Waals surface area (Å²) in [5, 5.41) is 16.2. The number of hydrogen-bond donors (Lipinski definition) is 3. The Labute approximate surface area is 201 Å². The standard InChI is InChI=1S/C27H23N5O3/c1-17(31-35)16-32-23-14-8-6-12-20(23)24(18-9-3-2-4-10-18)29-25(27(32)34)30-26(33)22-15-19-11-5-7-13-21(19)28-22/h2-15,25,28,35H,16H2,1H3,(H,30,33). The molecule has 1 unspecified atom stereocenters. The van der Waals surface area contributed by atoms with Gasteiger partial charge in [-0.25, -0.2) is 4.99 Å². The number of para-hydroxylation sites is 2. The quantitative estimate of drug-likeness (QED) is 0.236. The highest BCUT2D eigenvalue weighted by atomic mass is 16.4. The molecule has 3 aromatic carbocycles. The predicted molar refractivity (Wildman–Crippen MR) is 135 cm³/mol. The molecule has 0 spiro atoms. The van der Waals surface area contributed by atoms with E-state index < -0.39 is 18.0 Å². The van der Waals surface area contributed by atoms with Crippen LogP contribution in [0.4, 0.5) is 5.69 Å². The predicted octanol–water partition coefficient (Wildman–Crippen LogP) is 3.96. The molecule has 1 aromatic heterocycles. The molecule has 174 valence electrons. The summed E-state index contributed by atoms with van der Waals surface area (Å²) < 4.78 is 0. The summed E-state index contributed by atoms with van der Waals surface area (Å²) in [6.07, 6.45) is -1.19. The van der Waals surface area contributed by atoms with Crippen molar-refractivity contribution in [1.29, 1.82) is 0 Å². The number of fused-ring (bicyclic) bond motifs is 2. The molecule has 1 aliphatic rings. The monoisotopic (exact) mass is 465 g/mol. The minimum absolute atomic E-state index is 0.0443. The van der Waals surface area contributed by atoms with Crippen LogP contribution in [0.25, 0.3) is 10.9 Å². The molecule has 3 N–H and O–H groups in total. The van der Waals surface area contributed by atoms with E-state index in [9.17, 15) is 14.8 Å². The molecule has 2 amide bonds. The van der Waals surface area contributed by atoms with Gasteiger partial charge in [-0.05, 0) is 25.1 Å². The lowest BCUT2D eigenvalue weighted by atomic mass is 10.00. The minimum atomic E-state index is -1.19. The average Bonchev–Trinajstić information content (AvgIpc) is 3.30. The lowest BCUT2D eigenvalue weighted by Crippen LogP contribution is -2.48. The number of nitrogens with one attached hydrogen (secondary N) is 2. The van der Waals surface area contributed by atoms with Gasteiger partial charge in [0, 0.05) is 22.0 Å². The Morgan fingerprint density at radius 2 is 1.77 bits per heavy atom. The number of aromatic amines is 1. The van der Waals surface area contributed by atoms with Gasteiger partial charge in [0.15, 0.2) is 0 Å². The SMILES string of the molecule is CC(CN1C(=O)C(NC(=O)c2cc3ccccc3[nH]2)N=C(c2ccccc2)c2ccccc21)=NO. The molecule has 5 rings (SSSR count).